The normalized spacial score (nSPS) is 12.1. The molecule has 0 fully saturated rings. The van der Waals surface area contributed by atoms with Crippen LogP contribution in [0.5, 0.6) is 0 Å². The molecule has 1 aromatic carbocycles. The Morgan fingerprint density at radius 3 is 3.00 bits per heavy atom. The number of hydrogen-bond acceptors (Lipinski definition) is 3. The second-order valence-electron chi connectivity index (χ2n) is 3.73. The summed E-state index contributed by atoms with van der Waals surface area (Å²) in [5.41, 5.74) is 0. The Balaban J connectivity index is 2.29. The SMILES string of the molecule is CCCNC(C#N)CCSc1cccc(Cl)c1. The highest BCUT2D eigenvalue weighted by Gasteiger charge is 2.05. The van der Waals surface area contributed by atoms with Crippen LogP contribution in [0.2, 0.25) is 5.02 Å². The Bertz CT molecular complexity index is 376. The lowest BCUT2D eigenvalue weighted by atomic mass is 10.2. The Morgan fingerprint density at radius 2 is 2.35 bits per heavy atom. The van der Waals surface area contributed by atoms with Gasteiger partial charge in [0.1, 0.15) is 0 Å². The smallest absolute Gasteiger partial charge is 0.0961 e. The van der Waals surface area contributed by atoms with Gasteiger partial charge in [0.05, 0.1) is 12.1 Å². The summed E-state index contributed by atoms with van der Waals surface area (Å²) in [4.78, 5) is 1.16. The van der Waals surface area contributed by atoms with Crippen molar-refractivity contribution in [1.82, 2.24) is 5.32 Å². The Hall–Kier alpha value is -0.690. The van der Waals surface area contributed by atoms with Crippen molar-refractivity contribution >= 4 is 23.4 Å². The molecule has 0 bridgehead atoms. The van der Waals surface area contributed by atoms with Crippen molar-refractivity contribution < 1.29 is 0 Å². The zero-order valence-corrected chi connectivity index (χ0v) is 11.5. The highest BCUT2D eigenvalue weighted by atomic mass is 35.5. The van der Waals surface area contributed by atoms with Gasteiger partial charge < -0.3 is 5.32 Å². The van der Waals surface area contributed by atoms with E-state index in [2.05, 4.69) is 18.3 Å². The van der Waals surface area contributed by atoms with Crippen LogP contribution in [0.4, 0.5) is 0 Å². The molecular formula is C13H17ClN2S. The molecule has 1 N–H and O–H groups in total. The number of halogens is 1. The van der Waals surface area contributed by atoms with Gasteiger partial charge in [-0.2, -0.15) is 5.26 Å². The Morgan fingerprint density at radius 1 is 1.53 bits per heavy atom. The van der Waals surface area contributed by atoms with Crippen LogP contribution in [0.25, 0.3) is 0 Å². The van der Waals surface area contributed by atoms with Gasteiger partial charge in [0.25, 0.3) is 0 Å². The molecule has 0 aliphatic carbocycles. The second kappa shape index (κ2) is 8.41. The highest BCUT2D eigenvalue weighted by Crippen LogP contribution is 2.22. The van der Waals surface area contributed by atoms with E-state index in [4.69, 9.17) is 16.9 Å². The summed E-state index contributed by atoms with van der Waals surface area (Å²) in [6, 6.07) is 10.0. The summed E-state index contributed by atoms with van der Waals surface area (Å²) in [7, 11) is 0. The van der Waals surface area contributed by atoms with Crippen molar-refractivity contribution in [1.29, 1.82) is 5.26 Å². The van der Waals surface area contributed by atoms with Gasteiger partial charge in [0, 0.05) is 15.7 Å². The fourth-order valence-electron chi connectivity index (χ4n) is 1.38. The zero-order chi connectivity index (χ0) is 12.5. The minimum Gasteiger partial charge on any atom is -0.302 e. The molecule has 0 spiro atoms. The number of benzene rings is 1. The van der Waals surface area contributed by atoms with Crippen LogP contribution in [0.15, 0.2) is 29.2 Å². The molecule has 1 atom stereocenters. The van der Waals surface area contributed by atoms with Crippen molar-refractivity contribution in [2.24, 2.45) is 0 Å². The largest absolute Gasteiger partial charge is 0.302 e. The van der Waals surface area contributed by atoms with Crippen molar-refractivity contribution in [2.75, 3.05) is 12.3 Å². The van der Waals surface area contributed by atoms with Crippen LogP contribution >= 0.6 is 23.4 Å². The third kappa shape index (κ3) is 5.97. The third-order valence-electron chi connectivity index (χ3n) is 2.27. The van der Waals surface area contributed by atoms with Crippen LogP contribution in [0.3, 0.4) is 0 Å². The van der Waals surface area contributed by atoms with E-state index in [0.29, 0.717) is 0 Å². The summed E-state index contributed by atoms with van der Waals surface area (Å²) >= 11 is 7.64. The van der Waals surface area contributed by atoms with E-state index in [1.54, 1.807) is 11.8 Å². The summed E-state index contributed by atoms with van der Waals surface area (Å²) in [6.07, 6.45) is 1.91. The van der Waals surface area contributed by atoms with Gasteiger partial charge in [-0.15, -0.1) is 11.8 Å². The molecule has 17 heavy (non-hydrogen) atoms. The first-order valence-corrected chi connectivity index (χ1v) is 7.14. The predicted octanol–water partition coefficient (Wildman–Crippen LogP) is 3.71. The van der Waals surface area contributed by atoms with Gasteiger partial charge in [-0.1, -0.05) is 24.6 Å². The number of nitrogens with zero attached hydrogens (tertiary/aromatic N) is 1. The fourth-order valence-corrected chi connectivity index (χ4v) is 2.61. The average molecular weight is 269 g/mol. The van der Waals surface area contributed by atoms with Crippen LogP contribution in [0, 0.1) is 11.3 Å². The Labute approximate surface area is 112 Å². The number of nitrogens with one attached hydrogen (secondary N) is 1. The molecular weight excluding hydrogens is 252 g/mol. The molecule has 1 rings (SSSR count). The minimum atomic E-state index is -0.0402. The van der Waals surface area contributed by atoms with Gasteiger partial charge in [-0.25, -0.2) is 0 Å². The quantitative estimate of drug-likeness (QED) is 0.766. The van der Waals surface area contributed by atoms with Gasteiger partial charge in [-0.05, 0) is 37.6 Å². The molecule has 0 aliphatic heterocycles. The summed E-state index contributed by atoms with van der Waals surface area (Å²) in [5, 5.41) is 12.9. The molecule has 0 amide bonds. The van der Waals surface area contributed by atoms with E-state index in [1.165, 1.54) is 0 Å². The van der Waals surface area contributed by atoms with Crippen molar-refractivity contribution in [3.8, 4) is 6.07 Å². The molecule has 0 saturated heterocycles. The van der Waals surface area contributed by atoms with E-state index in [1.807, 2.05) is 24.3 Å². The number of thioether (sulfide) groups is 1. The molecule has 1 aromatic rings. The Kier molecular flexibility index (Phi) is 7.11. The van der Waals surface area contributed by atoms with Crippen LogP contribution in [0.1, 0.15) is 19.8 Å². The summed E-state index contributed by atoms with van der Waals surface area (Å²) in [5.74, 6) is 0.926. The highest BCUT2D eigenvalue weighted by molar-refractivity contribution is 7.99. The van der Waals surface area contributed by atoms with Crippen molar-refractivity contribution in [3.05, 3.63) is 29.3 Å². The predicted molar refractivity (Wildman–Crippen MR) is 74.5 cm³/mol. The van der Waals surface area contributed by atoms with Crippen LogP contribution in [-0.2, 0) is 0 Å². The molecule has 0 heterocycles. The molecule has 0 radical (unpaired) electrons. The van der Waals surface area contributed by atoms with Crippen LogP contribution in [-0.4, -0.2) is 18.3 Å². The monoisotopic (exact) mass is 268 g/mol. The standard InChI is InChI=1S/C13H17ClN2S/c1-2-7-16-12(10-15)6-8-17-13-5-3-4-11(14)9-13/h3-5,9,12,16H,2,6-8H2,1H3. The first kappa shape index (κ1) is 14.4. The van der Waals surface area contributed by atoms with E-state index in [-0.39, 0.29) is 6.04 Å². The maximum absolute atomic E-state index is 8.95. The molecule has 1 unspecified atom stereocenters. The summed E-state index contributed by atoms with van der Waals surface area (Å²) in [6.45, 7) is 3.00. The maximum Gasteiger partial charge on any atom is 0.0961 e. The molecule has 0 saturated carbocycles. The topological polar surface area (TPSA) is 35.8 Å². The van der Waals surface area contributed by atoms with Gasteiger partial charge >= 0.3 is 0 Å². The second-order valence-corrected chi connectivity index (χ2v) is 5.34. The van der Waals surface area contributed by atoms with E-state index in [0.717, 1.165) is 35.1 Å². The third-order valence-corrected chi connectivity index (χ3v) is 3.53. The number of hydrogen-bond donors (Lipinski definition) is 1. The maximum atomic E-state index is 8.95. The van der Waals surface area contributed by atoms with Gasteiger partial charge in [0.15, 0.2) is 0 Å². The summed E-state index contributed by atoms with van der Waals surface area (Å²) < 4.78 is 0. The lowest BCUT2D eigenvalue weighted by Gasteiger charge is -2.10. The molecule has 0 aromatic heterocycles. The first-order chi connectivity index (χ1) is 8.26. The fraction of sp³-hybridized carbons (Fsp3) is 0.462. The lowest BCUT2D eigenvalue weighted by molar-refractivity contribution is 0.585. The zero-order valence-electron chi connectivity index (χ0n) is 9.95. The number of nitriles is 1. The molecule has 92 valence electrons. The van der Waals surface area contributed by atoms with E-state index in [9.17, 15) is 0 Å². The van der Waals surface area contributed by atoms with Crippen LogP contribution < -0.4 is 5.32 Å². The van der Waals surface area contributed by atoms with Gasteiger partial charge in [0.2, 0.25) is 0 Å². The van der Waals surface area contributed by atoms with Crippen molar-refractivity contribution in [3.63, 3.8) is 0 Å². The van der Waals surface area contributed by atoms with E-state index < -0.39 is 0 Å². The molecule has 2 nitrogen and oxygen atoms in total. The lowest BCUT2D eigenvalue weighted by Crippen LogP contribution is -2.28. The van der Waals surface area contributed by atoms with E-state index >= 15 is 0 Å². The van der Waals surface area contributed by atoms with Gasteiger partial charge in [-0.3, -0.25) is 0 Å². The number of rotatable bonds is 7. The molecule has 4 heteroatoms. The minimum absolute atomic E-state index is 0.0402. The average Bonchev–Trinajstić information content (AvgIpc) is 2.33. The first-order valence-electron chi connectivity index (χ1n) is 5.77. The van der Waals surface area contributed by atoms with Crippen molar-refractivity contribution in [2.45, 2.75) is 30.7 Å². The molecule has 0 aliphatic rings.